The normalized spacial score (nSPS) is 8.73. The van der Waals surface area contributed by atoms with E-state index >= 15 is 0 Å². The van der Waals surface area contributed by atoms with Crippen LogP contribution in [-0.2, 0) is 0 Å². The van der Waals surface area contributed by atoms with Gasteiger partial charge in [0.05, 0.1) is 17.5 Å². The minimum absolute atomic E-state index is 0. The lowest BCUT2D eigenvalue weighted by molar-refractivity contribution is 1.03. The number of halogens is 1. The lowest BCUT2D eigenvalue weighted by atomic mass is 10.1. The van der Waals surface area contributed by atoms with E-state index in [2.05, 4.69) is 10.2 Å². The minimum atomic E-state index is 0. The van der Waals surface area contributed by atoms with Gasteiger partial charge in [-0.25, -0.2) is 0 Å². The molecule has 2 rings (SSSR count). The second kappa shape index (κ2) is 5.08. The van der Waals surface area contributed by atoms with E-state index in [-0.39, 0.29) is 12.4 Å². The molecular formula is C11H8ClN3. The first-order chi connectivity index (χ1) is 6.90. The predicted octanol–water partition coefficient (Wildman–Crippen LogP) is 2.44. The van der Waals surface area contributed by atoms with Gasteiger partial charge < -0.3 is 0 Å². The molecular weight excluding hydrogens is 210 g/mol. The standard InChI is InChI=1S/C11H7N3.ClH/c12-7-9-6-11(14-13-8-9)10-4-2-1-3-5-10;/h1-6,8H;1H. The molecule has 0 saturated carbocycles. The van der Waals surface area contributed by atoms with Gasteiger partial charge in [-0.15, -0.1) is 12.4 Å². The summed E-state index contributed by atoms with van der Waals surface area (Å²) in [6.45, 7) is 0. The van der Waals surface area contributed by atoms with Crippen molar-refractivity contribution >= 4 is 12.4 Å². The van der Waals surface area contributed by atoms with Crippen molar-refractivity contribution in [3.8, 4) is 17.3 Å². The fourth-order valence-corrected chi connectivity index (χ4v) is 1.18. The first-order valence-electron chi connectivity index (χ1n) is 4.18. The first-order valence-corrected chi connectivity index (χ1v) is 4.18. The fourth-order valence-electron chi connectivity index (χ4n) is 1.18. The highest BCUT2D eigenvalue weighted by Crippen LogP contribution is 2.15. The summed E-state index contributed by atoms with van der Waals surface area (Å²) in [6, 6.07) is 13.4. The third-order valence-electron chi connectivity index (χ3n) is 1.85. The van der Waals surface area contributed by atoms with Gasteiger partial charge >= 0.3 is 0 Å². The Bertz CT molecular complexity index is 477. The molecule has 0 aliphatic carbocycles. The Morgan fingerprint density at radius 1 is 1.13 bits per heavy atom. The molecule has 2 aromatic rings. The first kappa shape index (κ1) is 11.2. The third kappa shape index (κ3) is 2.52. The van der Waals surface area contributed by atoms with Crippen molar-refractivity contribution < 1.29 is 0 Å². The Hall–Kier alpha value is -1.92. The van der Waals surface area contributed by atoms with Gasteiger partial charge in [0.25, 0.3) is 0 Å². The molecule has 0 fully saturated rings. The summed E-state index contributed by atoms with van der Waals surface area (Å²) >= 11 is 0. The van der Waals surface area contributed by atoms with Crippen LogP contribution >= 0.6 is 12.4 Å². The van der Waals surface area contributed by atoms with Gasteiger partial charge in [0.1, 0.15) is 6.07 Å². The van der Waals surface area contributed by atoms with Gasteiger partial charge in [-0.3, -0.25) is 0 Å². The molecule has 0 radical (unpaired) electrons. The van der Waals surface area contributed by atoms with Crippen molar-refractivity contribution in [3.63, 3.8) is 0 Å². The molecule has 15 heavy (non-hydrogen) atoms. The number of rotatable bonds is 1. The van der Waals surface area contributed by atoms with Crippen LogP contribution in [0.25, 0.3) is 11.3 Å². The highest BCUT2D eigenvalue weighted by Gasteiger charge is 1.99. The van der Waals surface area contributed by atoms with Gasteiger partial charge in [-0.2, -0.15) is 15.5 Å². The van der Waals surface area contributed by atoms with Crippen LogP contribution < -0.4 is 0 Å². The van der Waals surface area contributed by atoms with Crippen molar-refractivity contribution in [2.75, 3.05) is 0 Å². The van der Waals surface area contributed by atoms with Crippen LogP contribution in [0.5, 0.6) is 0 Å². The van der Waals surface area contributed by atoms with Crippen LogP contribution in [0.2, 0.25) is 0 Å². The molecule has 0 bridgehead atoms. The van der Waals surface area contributed by atoms with Crippen molar-refractivity contribution in [2.45, 2.75) is 0 Å². The molecule has 0 spiro atoms. The SMILES string of the molecule is Cl.N#Cc1cnnc(-c2ccccc2)c1. The van der Waals surface area contributed by atoms with Crippen molar-refractivity contribution in [3.05, 3.63) is 48.2 Å². The molecule has 0 aliphatic rings. The fraction of sp³-hybridized carbons (Fsp3) is 0. The molecule has 1 aromatic carbocycles. The lowest BCUT2D eigenvalue weighted by Gasteiger charge is -1.98. The summed E-state index contributed by atoms with van der Waals surface area (Å²) in [7, 11) is 0. The van der Waals surface area contributed by atoms with Crippen LogP contribution in [-0.4, -0.2) is 10.2 Å². The number of nitrogens with zero attached hydrogens (tertiary/aromatic N) is 3. The van der Waals surface area contributed by atoms with E-state index in [1.54, 1.807) is 6.07 Å². The largest absolute Gasteiger partial charge is 0.192 e. The van der Waals surface area contributed by atoms with E-state index in [1.165, 1.54) is 6.20 Å². The number of nitriles is 1. The molecule has 1 heterocycles. The third-order valence-corrected chi connectivity index (χ3v) is 1.85. The molecule has 0 N–H and O–H groups in total. The Morgan fingerprint density at radius 3 is 2.53 bits per heavy atom. The smallest absolute Gasteiger partial charge is 0.101 e. The Kier molecular flexibility index (Phi) is 3.78. The van der Waals surface area contributed by atoms with Gasteiger partial charge in [0.2, 0.25) is 0 Å². The highest BCUT2D eigenvalue weighted by molar-refractivity contribution is 5.85. The summed E-state index contributed by atoms with van der Waals surface area (Å²) in [5, 5.41) is 16.4. The molecule has 3 nitrogen and oxygen atoms in total. The van der Waals surface area contributed by atoms with Crippen LogP contribution in [0, 0.1) is 11.3 Å². The number of aromatic nitrogens is 2. The van der Waals surface area contributed by atoms with Crippen molar-refractivity contribution in [2.24, 2.45) is 0 Å². The van der Waals surface area contributed by atoms with E-state index < -0.39 is 0 Å². The van der Waals surface area contributed by atoms with E-state index in [0.717, 1.165) is 11.3 Å². The molecule has 0 unspecified atom stereocenters. The predicted molar refractivity (Wildman–Crippen MR) is 59.4 cm³/mol. The second-order valence-electron chi connectivity index (χ2n) is 2.81. The monoisotopic (exact) mass is 217 g/mol. The quantitative estimate of drug-likeness (QED) is 0.737. The van der Waals surface area contributed by atoms with E-state index in [9.17, 15) is 0 Å². The molecule has 1 aromatic heterocycles. The summed E-state index contributed by atoms with van der Waals surface area (Å²) in [5.41, 5.74) is 2.22. The summed E-state index contributed by atoms with van der Waals surface area (Å²) in [6.07, 6.45) is 1.45. The van der Waals surface area contributed by atoms with Crippen LogP contribution in [0.3, 0.4) is 0 Å². The Morgan fingerprint density at radius 2 is 1.87 bits per heavy atom. The zero-order valence-corrected chi connectivity index (χ0v) is 8.61. The van der Waals surface area contributed by atoms with Gasteiger partial charge in [-0.1, -0.05) is 30.3 Å². The lowest BCUT2D eigenvalue weighted by Crippen LogP contribution is -1.88. The summed E-state index contributed by atoms with van der Waals surface area (Å²) in [5.74, 6) is 0. The van der Waals surface area contributed by atoms with Crippen LogP contribution in [0.4, 0.5) is 0 Å². The minimum Gasteiger partial charge on any atom is -0.192 e. The molecule has 4 heteroatoms. The summed E-state index contributed by atoms with van der Waals surface area (Å²) < 4.78 is 0. The highest BCUT2D eigenvalue weighted by atomic mass is 35.5. The number of benzene rings is 1. The maximum Gasteiger partial charge on any atom is 0.101 e. The average molecular weight is 218 g/mol. The van der Waals surface area contributed by atoms with E-state index in [4.69, 9.17) is 5.26 Å². The molecule has 0 saturated heterocycles. The van der Waals surface area contributed by atoms with Gasteiger partial charge in [0, 0.05) is 5.56 Å². The number of hydrogen-bond acceptors (Lipinski definition) is 3. The Labute approximate surface area is 93.8 Å². The van der Waals surface area contributed by atoms with Gasteiger partial charge in [-0.05, 0) is 6.07 Å². The molecule has 74 valence electrons. The zero-order valence-electron chi connectivity index (χ0n) is 7.79. The topological polar surface area (TPSA) is 49.6 Å². The van der Waals surface area contributed by atoms with Gasteiger partial charge in [0.15, 0.2) is 0 Å². The maximum atomic E-state index is 8.69. The van der Waals surface area contributed by atoms with Crippen molar-refractivity contribution in [1.29, 1.82) is 5.26 Å². The van der Waals surface area contributed by atoms with E-state index in [1.807, 2.05) is 36.4 Å². The zero-order chi connectivity index (χ0) is 9.80. The number of hydrogen-bond donors (Lipinski definition) is 0. The average Bonchev–Trinajstić information content (AvgIpc) is 2.30. The molecule has 0 atom stereocenters. The summed E-state index contributed by atoms with van der Waals surface area (Å²) in [4.78, 5) is 0. The molecule has 0 aliphatic heterocycles. The molecule has 0 amide bonds. The van der Waals surface area contributed by atoms with Crippen LogP contribution in [0.1, 0.15) is 5.56 Å². The second-order valence-corrected chi connectivity index (χ2v) is 2.81. The Balaban J connectivity index is 0.00000112. The van der Waals surface area contributed by atoms with E-state index in [0.29, 0.717) is 5.56 Å². The van der Waals surface area contributed by atoms with Crippen molar-refractivity contribution in [1.82, 2.24) is 10.2 Å². The maximum absolute atomic E-state index is 8.69. The van der Waals surface area contributed by atoms with Crippen LogP contribution in [0.15, 0.2) is 42.6 Å².